The van der Waals surface area contributed by atoms with E-state index in [-0.39, 0.29) is 13.2 Å². The summed E-state index contributed by atoms with van der Waals surface area (Å²) in [5, 5.41) is 0. The maximum atomic E-state index is 12.0. The lowest BCUT2D eigenvalue weighted by Crippen LogP contribution is -2.08. The highest BCUT2D eigenvalue weighted by Crippen LogP contribution is 2.19. The Morgan fingerprint density at radius 2 is 1.75 bits per heavy atom. The molecule has 0 aliphatic heterocycles. The zero-order valence-corrected chi connectivity index (χ0v) is 10.9. The van der Waals surface area contributed by atoms with Crippen LogP contribution in [0.1, 0.15) is 15.9 Å². The lowest BCUT2D eigenvalue weighted by atomic mass is 10.2. The third kappa shape index (κ3) is 3.63. The molecule has 0 unspecified atom stereocenters. The minimum Gasteiger partial charge on any atom is -0.480 e. The zero-order valence-electron chi connectivity index (χ0n) is 10.9. The van der Waals surface area contributed by atoms with E-state index in [1.54, 1.807) is 24.3 Å². The SMILES string of the molecule is C#CCOc1ccccc1C(=O)OCc1ccccc1. The summed E-state index contributed by atoms with van der Waals surface area (Å²) in [5.74, 6) is 2.37. The largest absolute Gasteiger partial charge is 0.480 e. The van der Waals surface area contributed by atoms with Crippen LogP contribution in [0.2, 0.25) is 0 Å². The molecule has 0 aromatic heterocycles. The van der Waals surface area contributed by atoms with E-state index in [9.17, 15) is 4.79 Å². The maximum Gasteiger partial charge on any atom is 0.342 e. The molecule has 0 heterocycles. The molecule has 2 aromatic carbocycles. The topological polar surface area (TPSA) is 35.5 Å². The molecule has 2 rings (SSSR count). The van der Waals surface area contributed by atoms with Crippen LogP contribution in [0.3, 0.4) is 0 Å². The second kappa shape index (κ2) is 7.01. The van der Waals surface area contributed by atoms with Gasteiger partial charge in [0, 0.05) is 0 Å². The summed E-state index contributed by atoms with van der Waals surface area (Å²) in [5.41, 5.74) is 1.31. The number of hydrogen-bond donors (Lipinski definition) is 0. The Morgan fingerprint density at radius 3 is 2.50 bits per heavy atom. The highest BCUT2D eigenvalue weighted by molar-refractivity contribution is 5.92. The molecular formula is C17H14O3. The van der Waals surface area contributed by atoms with Crippen LogP contribution < -0.4 is 4.74 Å². The molecule has 0 saturated carbocycles. The van der Waals surface area contributed by atoms with Crippen molar-refractivity contribution < 1.29 is 14.3 Å². The number of carbonyl (C=O) groups is 1. The lowest BCUT2D eigenvalue weighted by molar-refractivity contribution is 0.0468. The van der Waals surface area contributed by atoms with Crippen molar-refractivity contribution in [3.05, 3.63) is 65.7 Å². The number of hydrogen-bond acceptors (Lipinski definition) is 3. The van der Waals surface area contributed by atoms with Crippen LogP contribution >= 0.6 is 0 Å². The maximum absolute atomic E-state index is 12.0. The van der Waals surface area contributed by atoms with E-state index in [1.807, 2.05) is 30.3 Å². The Labute approximate surface area is 118 Å². The molecule has 0 spiro atoms. The minimum atomic E-state index is -0.429. The molecule has 3 heteroatoms. The van der Waals surface area contributed by atoms with E-state index in [1.165, 1.54) is 0 Å². The van der Waals surface area contributed by atoms with E-state index >= 15 is 0 Å². The van der Waals surface area contributed by atoms with Crippen molar-refractivity contribution in [2.75, 3.05) is 6.61 Å². The van der Waals surface area contributed by atoms with Gasteiger partial charge in [-0.2, -0.15) is 0 Å². The van der Waals surface area contributed by atoms with Crippen LogP contribution in [-0.4, -0.2) is 12.6 Å². The molecule has 0 aliphatic rings. The van der Waals surface area contributed by atoms with Crippen LogP contribution in [0.15, 0.2) is 54.6 Å². The Morgan fingerprint density at radius 1 is 1.05 bits per heavy atom. The van der Waals surface area contributed by atoms with Crippen LogP contribution in [-0.2, 0) is 11.3 Å². The van der Waals surface area contributed by atoms with Gasteiger partial charge < -0.3 is 9.47 Å². The number of carbonyl (C=O) groups excluding carboxylic acids is 1. The summed E-state index contributed by atoms with van der Waals surface area (Å²) in [7, 11) is 0. The molecule has 0 bridgehead atoms. The number of rotatable bonds is 5. The van der Waals surface area contributed by atoms with Crippen molar-refractivity contribution in [2.24, 2.45) is 0 Å². The molecule has 0 amide bonds. The summed E-state index contributed by atoms with van der Waals surface area (Å²) < 4.78 is 10.6. The zero-order chi connectivity index (χ0) is 14.2. The molecule has 100 valence electrons. The lowest BCUT2D eigenvalue weighted by Gasteiger charge is -2.09. The van der Waals surface area contributed by atoms with Gasteiger partial charge in [-0.3, -0.25) is 0 Å². The van der Waals surface area contributed by atoms with E-state index in [0.717, 1.165) is 5.56 Å². The molecule has 0 aliphatic carbocycles. The Bertz CT molecular complexity index is 612. The Kier molecular flexibility index (Phi) is 4.80. The normalized spacial score (nSPS) is 9.55. The van der Waals surface area contributed by atoms with E-state index in [2.05, 4.69) is 5.92 Å². The summed E-state index contributed by atoms with van der Waals surface area (Å²) >= 11 is 0. The van der Waals surface area contributed by atoms with Gasteiger partial charge in [0.05, 0.1) is 0 Å². The van der Waals surface area contributed by atoms with Gasteiger partial charge in [-0.25, -0.2) is 4.79 Å². The predicted octanol–water partition coefficient (Wildman–Crippen LogP) is 3.06. The monoisotopic (exact) mass is 266 g/mol. The van der Waals surface area contributed by atoms with Crippen molar-refractivity contribution in [1.82, 2.24) is 0 Å². The molecule has 0 radical (unpaired) electrons. The number of terminal acetylenes is 1. The summed E-state index contributed by atoms with van der Waals surface area (Å²) in [6.45, 7) is 0.339. The molecule has 2 aromatic rings. The number of benzene rings is 2. The van der Waals surface area contributed by atoms with Crippen molar-refractivity contribution >= 4 is 5.97 Å². The highest BCUT2D eigenvalue weighted by Gasteiger charge is 2.13. The average Bonchev–Trinajstić information content (AvgIpc) is 2.52. The van der Waals surface area contributed by atoms with Crippen LogP contribution in [0.25, 0.3) is 0 Å². The highest BCUT2D eigenvalue weighted by atomic mass is 16.5. The number of ether oxygens (including phenoxy) is 2. The fourth-order valence-corrected chi connectivity index (χ4v) is 1.68. The first kappa shape index (κ1) is 13.7. The first-order valence-electron chi connectivity index (χ1n) is 6.17. The van der Waals surface area contributed by atoms with Gasteiger partial charge in [0.1, 0.15) is 24.5 Å². The third-order valence-corrected chi connectivity index (χ3v) is 2.63. The summed E-state index contributed by atoms with van der Waals surface area (Å²) in [4.78, 5) is 12.0. The molecule has 3 nitrogen and oxygen atoms in total. The summed E-state index contributed by atoms with van der Waals surface area (Å²) in [6, 6.07) is 16.4. The molecule has 0 N–H and O–H groups in total. The van der Waals surface area contributed by atoms with Gasteiger partial charge in [-0.1, -0.05) is 48.4 Å². The molecule has 0 fully saturated rings. The van der Waals surface area contributed by atoms with Crippen molar-refractivity contribution in [3.8, 4) is 18.1 Å². The Balaban J connectivity index is 2.04. The minimum absolute atomic E-state index is 0.114. The third-order valence-electron chi connectivity index (χ3n) is 2.63. The van der Waals surface area contributed by atoms with Gasteiger partial charge in [0.15, 0.2) is 0 Å². The van der Waals surface area contributed by atoms with E-state index in [4.69, 9.17) is 15.9 Å². The smallest absolute Gasteiger partial charge is 0.342 e. The van der Waals surface area contributed by atoms with Gasteiger partial charge in [0.25, 0.3) is 0 Å². The molecule has 0 atom stereocenters. The second-order valence-electron chi connectivity index (χ2n) is 4.05. The van der Waals surface area contributed by atoms with Crippen LogP contribution in [0, 0.1) is 12.3 Å². The standard InChI is InChI=1S/C17H14O3/c1-2-12-19-16-11-7-6-10-15(16)17(18)20-13-14-8-4-3-5-9-14/h1,3-11H,12-13H2. The molecule has 0 saturated heterocycles. The predicted molar refractivity (Wildman–Crippen MR) is 76.3 cm³/mol. The van der Waals surface area contributed by atoms with Gasteiger partial charge in [-0.05, 0) is 17.7 Å². The average molecular weight is 266 g/mol. The van der Waals surface area contributed by atoms with Crippen molar-refractivity contribution in [3.63, 3.8) is 0 Å². The molecule has 20 heavy (non-hydrogen) atoms. The van der Waals surface area contributed by atoms with Gasteiger partial charge in [0.2, 0.25) is 0 Å². The Hall–Kier alpha value is -2.73. The van der Waals surface area contributed by atoms with Crippen LogP contribution in [0.5, 0.6) is 5.75 Å². The number of para-hydroxylation sites is 1. The van der Waals surface area contributed by atoms with Gasteiger partial charge in [-0.15, -0.1) is 6.42 Å². The van der Waals surface area contributed by atoms with Crippen molar-refractivity contribution in [1.29, 1.82) is 0 Å². The number of esters is 1. The second-order valence-corrected chi connectivity index (χ2v) is 4.05. The fourth-order valence-electron chi connectivity index (χ4n) is 1.68. The first-order chi connectivity index (χ1) is 9.81. The first-order valence-corrected chi connectivity index (χ1v) is 6.17. The summed E-state index contributed by atoms with van der Waals surface area (Å²) in [6.07, 6.45) is 5.15. The van der Waals surface area contributed by atoms with Crippen LogP contribution in [0.4, 0.5) is 0 Å². The quantitative estimate of drug-likeness (QED) is 0.616. The fraction of sp³-hybridized carbons (Fsp3) is 0.118. The van der Waals surface area contributed by atoms with E-state index < -0.39 is 5.97 Å². The molecular weight excluding hydrogens is 252 g/mol. The van der Waals surface area contributed by atoms with Crippen molar-refractivity contribution in [2.45, 2.75) is 6.61 Å². The van der Waals surface area contributed by atoms with Gasteiger partial charge >= 0.3 is 5.97 Å². The van der Waals surface area contributed by atoms with E-state index in [0.29, 0.717) is 11.3 Å².